The standard InChI is InChI=1S/C17H19BrS/c18-17(16-7-4-12-19-16)15-10-8-14(9-11-15)13-5-2-1-3-6-13/h4,7-13,17H,1-3,5-6H2. The number of rotatable bonds is 3. The van der Waals surface area contributed by atoms with Crippen molar-refractivity contribution in [3.8, 4) is 0 Å². The predicted octanol–water partition coefficient (Wildman–Crippen LogP) is 6.28. The first-order valence-corrected chi connectivity index (χ1v) is 8.91. The minimum absolute atomic E-state index is 0.341. The van der Waals surface area contributed by atoms with Crippen molar-refractivity contribution in [1.82, 2.24) is 0 Å². The van der Waals surface area contributed by atoms with E-state index in [9.17, 15) is 0 Å². The normalized spacial score (nSPS) is 18.4. The molecule has 2 heteroatoms. The third-order valence-corrected chi connectivity index (χ3v) is 6.36. The lowest BCUT2D eigenvalue weighted by Gasteiger charge is -2.22. The molecule has 0 bridgehead atoms. The Kier molecular flexibility index (Phi) is 4.39. The number of thiophene rings is 1. The fourth-order valence-corrected chi connectivity index (χ4v) is 4.48. The van der Waals surface area contributed by atoms with E-state index in [1.165, 1.54) is 48.1 Å². The maximum atomic E-state index is 3.80. The van der Waals surface area contributed by atoms with E-state index in [4.69, 9.17) is 0 Å². The van der Waals surface area contributed by atoms with E-state index in [1.807, 2.05) is 11.3 Å². The van der Waals surface area contributed by atoms with Gasteiger partial charge in [0.1, 0.15) is 0 Å². The summed E-state index contributed by atoms with van der Waals surface area (Å²) in [7, 11) is 0. The van der Waals surface area contributed by atoms with Gasteiger partial charge in [0.2, 0.25) is 0 Å². The van der Waals surface area contributed by atoms with Gasteiger partial charge in [-0.3, -0.25) is 0 Å². The summed E-state index contributed by atoms with van der Waals surface area (Å²) in [6, 6.07) is 13.6. The highest BCUT2D eigenvalue weighted by atomic mass is 79.9. The average molecular weight is 335 g/mol. The van der Waals surface area contributed by atoms with E-state index in [0.29, 0.717) is 4.83 Å². The van der Waals surface area contributed by atoms with Crippen molar-refractivity contribution in [2.45, 2.75) is 42.8 Å². The summed E-state index contributed by atoms with van der Waals surface area (Å²) < 4.78 is 0. The van der Waals surface area contributed by atoms with Crippen LogP contribution in [0.4, 0.5) is 0 Å². The van der Waals surface area contributed by atoms with Gasteiger partial charge in [-0.1, -0.05) is 65.5 Å². The fourth-order valence-electron chi connectivity index (χ4n) is 2.97. The molecule has 0 aliphatic heterocycles. The maximum Gasteiger partial charge on any atom is 0.0738 e. The molecule has 1 aliphatic carbocycles. The molecular formula is C17H19BrS. The lowest BCUT2D eigenvalue weighted by Crippen LogP contribution is -2.04. The van der Waals surface area contributed by atoms with Crippen LogP contribution in [-0.4, -0.2) is 0 Å². The van der Waals surface area contributed by atoms with E-state index in [0.717, 1.165) is 5.92 Å². The highest BCUT2D eigenvalue weighted by Crippen LogP contribution is 2.36. The molecule has 1 heterocycles. The molecule has 2 aromatic rings. The summed E-state index contributed by atoms with van der Waals surface area (Å²) in [6.07, 6.45) is 6.99. The van der Waals surface area contributed by atoms with Gasteiger partial charge < -0.3 is 0 Å². The van der Waals surface area contributed by atoms with Crippen LogP contribution >= 0.6 is 27.3 Å². The van der Waals surface area contributed by atoms with E-state index >= 15 is 0 Å². The Morgan fingerprint density at radius 2 is 1.74 bits per heavy atom. The Morgan fingerprint density at radius 1 is 1.00 bits per heavy atom. The van der Waals surface area contributed by atoms with E-state index in [2.05, 4.69) is 57.7 Å². The Labute approximate surface area is 128 Å². The monoisotopic (exact) mass is 334 g/mol. The molecule has 0 saturated heterocycles. The first-order valence-electron chi connectivity index (χ1n) is 7.12. The van der Waals surface area contributed by atoms with Crippen molar-refractivity contribution in [3.63, 3.8) is 0 Å². The zero-order valence-corrected chi connectivity index (χ0v) is 13.4. The predicted molar refractivity (Wildman–Crippen MR) is 87.4 cm³/mol. The van der Waals surface area contributed by atoms with Gasteiger partial charge >= 0.3 is 0 Å². The quantitative estimate of drug-likeness (QED) is 0.579. The molecule has 3 rings (SSSR count). The first-order chi connectivity index (χ1) is 9.34. The van der Waals surface area contributed by atoms with Gasteiger partial charge in [-0.15, -0.1) is 11.3 Å². The fraction of sp³-hybridized carbons (Fsp3) is 0.412. The van der Waals surface area contributed by atoms with Gasteiger partial charge in [-0.2, -0.15) is 0 Å². The van der Waals surface area contributed by atoms with Crippen molar-refractivity contribution in [2.24, 2.45) is 0 Å². The molecule has 1 aromatic heterocycles. The van der Waals surface area contributed by atoms with Gasteiger partial charge in [-0.05, 0) is 41.3 Å². The highest BCUT2D eigenvalue weighted by molar-refractivity contribution is 9.09. The lowest BCUT2D eigenvalue weighted by atomic mass is 9.84. The Morgan fingerprint density at radius 3 is 2.37 bits per heavy atom. The van der Waals surface area contributed by atoms with Crippen molar-refractivity contribution >= 4 is 27.3 Å². The minimum atomic E-state index is 0.341. The summed E-state index contributed by atoms with van der Waals surface area (Å²) in [4.78, 5) is 1.72. The van der Waals surface area contributed by atoms with Crippen molar-refractivity contribution in [2.75, 3.05) is 0 Å². The van der Waals surface area contributed by atoms with Crippen LogP contribution < -0.4 is 0 Å². The van der Waals surface area contributed by atoms with Gasteiger partial charge in [0.05, 0.1) is 4.83 Å². The highest BCUT2D eigenvalue weighted by Gasteiger charge is 2.16. The zero-order valence-electron chi connectivity index (χ0n) is 11.0. The molecule has 19 heavy (non-hydrogen) atoms. The van der Waals surface area contributed by atoms with Crippen LogP contribution in [-0.2, 0) is 0 Å². The van der Waals surface area contributed by atoms with Gasteiger partial charge in [0.25, 0.3) is 0 Å². The van der Waals surface area contributed by atoms with E-state index in [-0.39, 0.29) is 0 Å². The third-order valence-electron chi connectivity index (χ3n) is 4.10. The smallest absolute Gasteiger partial charge is 0.0738 e. The van der Waals surface area contributed by atoms with Gasteiger partial charge in [0.15, 0.2) is 0 Å². The van der Waals surface area contributed by atoms with Crippen molar-refractivity contribution in [3.05, 3.63) is 57.8 Å². The number of hydrogen-bond acceptors (Lipinski definition) is 1. The first kappa shape index (κ1) is 13.4. The van der Waals surface area contributed by atoms with Crippen molar-refractivity contribution in [1.29, 1.82) is 0 Å². The van der Waals surface area contributed by atoms with Crippen LogP contribution in [0.5, 0.6) is 0 Å². The van der Waals surface area contributed by atoms with Crippen LogP contribution in [0.25, 0.3) is 0 Å². The van der Waals surface area contributed by atoms with Gasteiger partial charge in [-0.25, -0.2) is 0 Å². The van der Waals surface area contributed by atoms with Crippen molar-refractivity contribution < 1.29 is 0 Å². The second-order valence-electron chi connectivity index (χ2n) is 5.38. The van der Waals surface area contributed by atoms with Crippen LogP contribution in [0, 0.1) is 0 Å². The minimum Gasteiger partial charge on any atom is -0.147 e. The molecule has 1 fully saturated rings. The second kappa shape index (κ2) is 6.23. The third kappa shape index (κ3) is 3.11. The van der Waals surface area contributed by atoms with Gasteiger partial charge in [0, 0.05) is 4.88 Å². The molecule has 0 radical (unpaired) electrons. The molecule has 0 amide bonds. The average Bonchev–Trinajstić information content (AvgIpc) is 3.02. The molecule has 1 aromatic carbocycles. The molecule has 1 aliphatic rings. The topological polar surface area (TPSA) is 0 Å². The van der Waals surface area contributed by atoms with Crippen LogP contribution in [0.3, 0.4) is 0 Å². The molecule has 0 nitrogen and oxygen atoms in total. The zero-order chi connectivity index (χ0) is 13.1. The number of benzene rings is 1. The molecule has 0 spiro atoms. The van der Waals surface area contributed by atoms with Crippen LogP contribution in [0.1, 0.15) is 58.9 Å². The SMILES string of the molecule is BrC(c1ccc(C2CCCCC2)cc1)c1cccs1. The second-order valence-corrected chi connectivity index (χ2v) is 7.27. The lowest BCUT2D eigenvalue weighted by molar-refractivity contribution is 0.443. The van der Waals surface area contributed by atoms with Crippen LogP contribution in [0.2, 0.25) is 0 Å². The molecule has 1 saturated carbocycles. The Balaban J connectivity index is 1.75. The van der Waals surface area contributed by atoms with E-state index in [1.54, 1.807) is 0 Å². The summed E-state index contributed by atoms with van der Waals surface area (Å²) >= 11 is 5.62. The Bertz CT molecular complexity index is 495. The molecule has 1 atom stereocenters. The molecule has 0 N–H and O–H groups in total. The largest absolute Gasteiger partial charge is 0.147 e. The maximum absolute atomic E-state index is 3.80. The Hall–Kier alpha value is -0.600. The molecule has 1 unspecified atom stereocenters. The summed E-state index contributed by atoms with van der Waals surface area (Å²) in [6.45, 7) is 0. The molecule has 100 valence electrons. The summed E-state index contributed by atoms with van der Waals surface area (Å²) in [5.41, 5.74) is 2.90. The van der Waals surface area contributed by atoms with Crippen LogP contribution in [0.15, 0.2) is 41.8 Å². The molecular weight excluding hydrogens is 316 g/mol. The summed E-state index contributed by atoms with van der Waals surface area (Å²) in [5, 5.41) is 2.14. The summed E-state index contributed by atoms with van der Waals surface area (Å²) in [5.74, 6) is 0.804. The number of alkyl halides is 1. The van der Waals surface area contributed by atoms with E-state index < -0.39 is 0 Å². The number of halogens is 1. The number of hydrogen-bond donors (Lipinski definition) is 0.